The molecule has 1 aromatic heterocycles. The van der Waals surface area contributed by atoms with Gasteiger partial charge in [0, 0.05) is 0 Å². The molecule has 1 aromatic carbocycles. The Labute approximate surface area is 185 Å². The van der Waals surface area contributed by atoms with Crippen LogP contribution < -0.4 is 4.74 Å². The maximum absolute atomic E-state index is 13.2. The van der Waals surface area contributed by atoms with Crippen molar-refractivity contribution in [1.29, 1.82) is 5.26 Å². The molecule has 2 saturated heterocycles. The van der Waals surface area contributed by atoms with E-state index in [2.05, 4.69) is 4.98 Å². The summed E-state index contributed by atoms with van der Waals surface area (Å²) in [5.41, 5.74) is 0.602. The number of aromatic nitrogens is 1. The Balaban J connectivity index is 1.45. The van der Waals surface area contributed by atoms with Crippen LogP contribution >= 0.6 is 11.3 Å². The quantitative estimate of drug-likeness (QED) is 0.626. The molecule has 1 saturated carbocycles. The highest BCUT2D eigenvalue weighted by Crippen LogP contribution is 2.53. The molecule has 2 aromatic rings. The van der Waals surface area contributed by atoms with Crippen LogP contribution in [0, 0.1) is 37.0 Å². The van der Waals surface area contributed by atoms with Gasteiger partial charge in [0.25, 0.3) is 5.19 Å². The van der Waals surface area contributed by atoms with Crippen LogP contribution in [0.4, 0.5) is 13.2 Å². The molecule has 2 bridgehead atoms. The fourth-order valence-electron chi connectivity index (χ4n) is 5.37. The van der Waals surface area contributed by atoms with Crippen molar-refractivity contribution in [2.75, 3.05) is 0 Å². The van der Waals surface area contributed by atoms with Crippen molar-refractivity contribution >= 4 is 22.9 Å². The third kappa shape index (κ3) is 3.06. The van der Waals surface area contributed by atoms with Crippen LogP contribution in [0.3, 0.4) is 0 Å². The van der Waals surface area contributed by atoms with Crippen molar-refractivity contribution in [1.82, 2.24) is 4.98 Å². The SMILES string of the molecule is Cc1cc(Oc2nc(C(F)(F)F)c(C#N)s2)cc(C)c1C1C(=O)C2C3CCC(O3)C2C1=O. The van der Waals surface area contributed by atoms with E-state index in [9.17, 15) is 22.8 Å². The Morgan fingerprint density at radius 3 is 2.16 bits per heavy atom. The van der Waals surface area contributed by atoms with Gasteiger partial charge in [0.1, 0.15) is 22.6 Å². The lowest BCUT2D eigenvalue weighted by atomic mass is 9.81. The van der Waals surface area contributed by atoms with Gasteiger partial charge in [-0.2, -0.15) is 23.4 Å². The normalized spacial score (nSPS) is 28.8. The van der Waals surface area contributed by atoms with Gasteiger partial charge in [-0.1, -0.05) is 11.3 Å². The van der Waals surface area contributed by atoms with Crippen molar-refractivity contribution in [2.24, 2.45) is 11.8 Å². The van der Waals surface area contributed by atoms with Crippen LogP contribution in [-0.4, -0.2) is 28.8 Å². The molecule has 3 heterocycles. The average molecular weight is 462 g/mol. The van der Waals surface area contributed by atoms with Crippen molar-refractivity contribution in [3.8, 4) is 17.0 Å². The summed E-state index contributed by atoms with van der Waals surface area (Å²) in [6.45, 7) is 3.47. The molecule has 0 N–H and O–H groups in total. The maximum atomic E-state index is 13.2. The number of hydrogen-bond acceptors (Lipinski definition) is 7. The molecular formula is C22H17F3N2O4S. The second-order valence-electron chi connectivity index (χ2n) is 8.42. The first kappa shape index (κ1) is 21.1. The summed E-state index contributed by atoms with van der Waals surface area (Å²) in [4.78, 5) is 29.2. The summed E-state index contributed by atoms with van der Waals surface area (Å²) in [7, 11) is 0. The van der Waals surface area contributed by atoms with E-state index in [0.717, 1.165) is 12.8 Å². The van der Waals surface area contributed by atoms with Crippen LogP contribution in [-0.2, 0) is 20.5 Å². The summed E-state index contributed by atoms with van der Waals surface area (Å²) >= 11 is 0.505. The number of thiazole rings is 1. The summed E-state index contributed by atoms with van der Waals surface area (Å²) in [6, 6.07) is 4.63. The van der Waals surface area contributed by atoms with E-state index in [4.69, 9.17) is 14.7 Å². The van der Waals surface area contributed by atoms with Crippen LogP contribution in [0.25, 0.3) is 0 Å². The number of fused-ring (bicyclic) bond motifs is 5. The number of Topliss-reactive ketones (excluding diaryl/α,β-unsaturated/α-hetero) is 2. The molecule has 166 valence electrons. The van der Waals surface area contributed by atoms with Gasteiger partial charge in [-0.25, -0.2) is 0 Å². The fraction of sp³-hybridized carbons (Fsp3) is 0.455. The molecular weight excluding hydrogens is 445 g/mol. The minimum atomic E-state index is -4.76. The smallest absolute Gasteiger partial charge is 0.431 e. The predicted molar refractivity (Wildman–Crippen MR) is 105 cm³/mol. The maximum Gasteiger partial charge on any atom is 0.435 e. The molecule has 4 atom stereocenters. The molecule has 5 rings (SSSR count). The second kappa shape index (κ2) is 7.12. The number of carbonyl (C=O) groups is 2. The minimum Gasteiger partial charge on any atom is -0.431 e. The number of nitrogens with zero attached hydrogens (tertiary/aromatic N) is 2. The lowest BCUT2D eigenvalue weighted by Crippen LogP contribution is -2.29. The zero-order valence-electron chi connectivity index (χ0n) is 17.0. The molecule has 10 heteroatoms. The number of rotatable bonds is 3. The van der Waals surface area contributed by atoms with Gasteiger partial charge in [0.15, 0.2) is 17.3 Å². The highest BCUT2D eigenvalue weighted by molar-refractivity contribution is 7.14. The molecule has 6 nitrogen and oxygen atoms in total. The number of halogens is 3. The van der Waals surface area contributed by atoms with Crippen molar-refractivity contribution in [2.45, 2.75) is 51.0 Å². The summed E-state index contributed by atoms with van der Waals surface area (Å²) < 4.78 is 50.4. The number of aryl methyl sites for hydroxylation is 2. The molecule has 32 heavy (non-hydrogen) atoms. The predicted octanol–water partition coefficient (Wildman–Crippen LogP) is 4.47. The zero-order chi connectivity index (χ0) is 22.9. The van der Waals surface area contributed by atoms with Gasteiger partial charge < -0.3 is 9.47 Å². The lowest BCUT2D eigenvalue weighted by Gasteiger charge is -2.18. The highest BCUT2D eigenvalue weighted by Gasteiger charge is 2.63. The van der Waals surface area contributed by atoms with Gasteiger partial charge in [-0.05, 0) is 55.5 Å². The van der Waals surface area contributed by atoms with Gasteiger partial charge in [-0.15, -0.1) is 0 Å². The summed E-state index contributed by atoms with van der Waals surface area (Å²) in [5, 5.41) is 8.65. The van der Waals surface area contributed by atoms with Gasteiger partial charge >= 0.3 is 6.18 Å². The van der Waals surface area contributed by atoms with E-state index in [1.54, 1.807) is 26.0 Å². The fourth-order valence-corrected chi connectivity index (χ4v) is 6.13. The number of nitriles is 1. The molecule has 0 radical (unpaired) electrons. The number of ketones is 2. The zero-order valence-corrected chi connectivity index (χ0v) is 17.8. The van der Waals surface area contributed by atoms with Crippen molar-refractivity contribution in [3.05, 3.63) is 39.4 Å². The number of ether oxygens (including phenoxy) is 2. The van der Waals surface area contributed by atoms with E-state index in [0.29, 0.717) is 28.0 Å². The van der Waals surface area contributed by atoms with Crippen molar-refractivity contribution < 1.29 is 32.2 Å². The number of carbonyl (C=O) groups excluding carboxylic acids is 2. The summed E-state index contributed by atoms with van der Waals surface area (Å²) in [6.07, 6.45) is -3.54. The minimum absolute atomic E-state index is 0.111. The monoisotopic (exact) mass is 462 g/mol. The molecule has 4 unspecified atom stereocenters. The van der Waals surface area contributed by atoms with E-state index >= 15 is 0 Å². The van der Waals surface area contributed by atoms with E-state index in [1.165, 1.54) is 6.07 Å². The van der Waals surface area contributed by atoms with E-state index in [1.807, 2.05) is 0 Å². The lowest BCUT2D eigenvalue weighted by molar-refractivity contribution is -0.141. The Hall–Kier alpha value is -2.77. The van der Waals surface area contributed by atoms with Gasteiger partial charge in [-0.3, -0.25) is 9.59 Å². The molecule has 3 aliphatic rings. The highest BCUT2D eigenvalue weighted by atomic mass is 32.1. The molecule has 1 aliphatic carbocycles. The van der Waals surface area contributed by atoms with Crippen molar-refractivity contribution in [3.63, 3.8) is 0 Å². The van der Waals surface area contributed by atoms with Gasteiger partial charge in [0.05, 0.1) is 24.0 Å². The van der Waals surface area contributed by atoms with Crippen LogP contribution in [0.1, 0.15) is 46.0 Å². The summed E-state index contributed by atoms with van der Waals surface area (Å²) in [5.74, 6) is -1.63. The average Bonchev–Trinajstić information content (AvgIpc) is 3.46. The molecule has 0 spiro atoms. The first-order chi connectivity index (χ1) is 15.1. The third-order valence-corrected chi connectivity index (χ3v) is 7.38. The molecule has 3 fully saturated rings. The van der Waals surface area contributed by atoms with Crippen LogP contribution in [0.5, 0.6) is 10.9 Å². The Kier molecular flexibility index (Phi) is 4.69. The molecule has 0 amide bonds. The van der Waals surface area contributed by atoms with Crippen LogP contribution in [0.15, 0.2) is 12.1 Å². The van der Waals surface area contributed by atoms with E-state index < -0.39 is 22.7 Å². The van der Waals surface area contributed by atoms with Gasteiger partial charge in [0.2, 0.25) is 0 Å². The number of alkyl halides is 3. The molecule has 2 aliphatic heterocycles. The first-order valence-electron chi connectivity index (χ1n) is 10.1. The second-order valence-corrected chi connectivity index (χ2v) is 9.38. The Bertz CT molecular complexity index is 1150. The Morgan fingerprint density at radius 1 is 1.12 bits per heavy atom. The Morgan fingerprint density at radius 2 is 1.69 bits per heavy atom. The standard InChI is InChI=1S/C22H17F3N2O4S/c1-8-5-10(30-21-27-20(22(23,24)25)13(7-26)32-21)6-9(2)14(8)17-18(28)15-11-3-4-12(31-11)16(15)19(17)29/h5-6,11-12,15-17H,3-4H2,1-2H3. The largest absolute Gasteiger partial charge is 0.435 e. The first-order valence-corrected chi connectivity index (χ1v) is 10.9. The third-order valence-electron chi connectivity index (χ3n) is 6.54. The topological polar surface area (TPSA) is 89.3 Å². The number of hydrogen-bond donors (Lipinski definition) is 0. The van der Waals surface area contributed by atoms with Crippen LogP contribution in [0.2, 0.25) is 0 Å². The number of benzene rings is 1. The van der Waals surface area contributed by atoms with E-state index in [-0.39, 0.29) is 46.6 Å².